The largest absolute Gasteiger partial charge is 0.326 e. The van der Waals surface area contributed by atoms with Gasteiger partial charge in [0.25, 0.3) is 10.0 Å². The van der Waals surface area contributed by atoms with Crippen molar-refractivity contribution in [1.82, 2.24) is 0 Å². The highest BCUT2D eigenvalue weighted by Gasteiger charge is 2.16. The lowest BCUT2D eigenvalue weighted by molar-refractivity contribution is 0.601. The number of hydrogen-bond donors (Lipinski definition) is 2. The molecule has 2 aromatic carbocycles. The molecule has 0 aliphatic carbocycles. The molecule has 0 radical (unpaired) electrons. The Hall–Kier alpha value is -1.85. The van der Waals surface area contributed by atoms with Crippen molar-refractivity contribution in [2.75, 3.05) is 4.72 Å². The minimum absolute atomic E-state index is 0.257. The number of aryl methyl sites for hydroxylation is 2. The second-order valence-electron chi connectivity index (χ2n) is 4.71. The molecule has 106 valence electrons. The smallest absolute Gasteiger partial charge is 0.261 e. The van der Waals surface area contributed by atoms with E-state index in [0.29, 0.717) is 5.69 Å². The van der Waals surface area contributed by atoms with Gasteiger partial charge in [-0.25, -0.2) is 8.42 Å². The van der Waals surface area contributed by atoms with Gasteiger partial charge in [-0.05, 0) is 48.7 Å². The molecule has 0 bridgehead atoms. The first-order chi connectivity index (χ1) is 9.44. The topological polar surface area (TPSA) is 72.2 Å². The van der Waals surface area contributed by atoms with Gasteiger partial charge in [0.1, 0.15) is 0 Å². The zero-order valence-corrected chi connectivity index (χ0v) is 12.4. The minimum atomic E-state index is -3.59. The summed E-state index contributed by atoms with van der Waals surface area (Å²) in [6.07, 6.45) is 0. The number of rotatable bonds is 4. The van der Waals surface area contributed by atoms with Crippen LogP contribution in [0.15, 0.2) is 47.4 Å². The van der Waals surface area contributed by atoms with Gasteiger partial charge in [-0.2, -0.15) is 0 Å². The third-order valence-electron chi connectivity index (χ3n) is 3.27. The molecule has 3 N–H and O–H groups in total. The predicted molar refractivity (Wildman–Crippen MR) is 81.1 cm³/mol. The van der Waals surface area contributed by atoms with Gasteiger partial charge in [0, 0.05) is 6.54 Å². The number of para-hydroxylation sites is 1. The SMILES string of the molecule is Cc1ccc(S(=O)(=O)Nc2ccccc2CN)cc1C. The Labute approximate surface area is 119 Å². The summed E-state index contributed by atoms with van der Waals surface area (Å²) < 4.78 is 27.4. The first-order valence-corrected chi connectivity index (χ1v) is 7.80. The summed E-state index contributed by atoms with van der Waals surface area (Å²) in [5.74, 6) is 0. The highest BCUT2D eigenvalue weighted by Crippen LogP contribution is 2.21. The molecule has 0 heterocycles. The first kappa shape index (κ1) is 14.6. The highest BCUT2D eigenvalue weighted by atomic mass is 32.2. The fraction of sp³-hybridized carbons (Fsp3) is 0.200. The van der Waals surface area contributed by atoms with E-state index in [-0.39, 0.29) is 11.4 Å². The van der Waals surface area contributed by atoms with Gasteiger partial charge >= 0.3 is 0 Å². The number of benzene rings is 2. The molecule has 20 heavy (non-hydrogen) atoms. The predicted octanol–water partition coefficient (Wildman–Crippen LogP) is 2.56. The zero-order chi connectivity index (χ0) is 14.8. The van der Waals surface area contributed by atoms with Crippen LogP contribution >= 0.6 is 0 Å². The van der Waals surface area contributed by atoms with Gasteiger partial charge in [0.15, 0.2) is 0 Å². The molecule has 2 aromatic rings. The number of nitrogens with two attached hydrogens (primary N) is 1. The summed E-state index contributed by atoms with van der Waals surface area (Å²) in [4.78, 5) is 0.257. The fourth-order valence-corrected chi connectivity index (χ4v) is 3.07. The van der Waals surface area contributed by atoms with Crippen molar-refractivity contribution in [2.24, 2.45) is 5.73 Å². The van der Waals surface area contributed by atoms with Crippen LogP contribution in [-0.2, 0) is 16.6 Å². The summed E-state index contributed by atoms with van der Waals surface area (Å²) in [5, 5.41) is 0. The molecule has 0 atom stereocenters. The van der Waals surface area contributed by atoms with Crippen molar-refractivity contribution in [3.8, 4) is 0 Å². The molecule has 5 heteroatoms. The van der Waals surface area contributed by atoms with Gasteiger partial charge < -0.3 is 5.73 Å². The lowest BCUT2D eigenvalue weighted by Crippen LogP contribution is -2.15. The number of nitrogens with one attached hydrogen (secondary N) is 1. The molecule has 0 unspecified atom stereocenters. The Kier molecular flexibility index (Phi) is 4.11. The van der Waals surface area contributed by atoms with Gasteiger partial charge in [-0.15, -0.1) is 0 Å². The molecule has 2 rings (SSSR count). The van der Waals surface area contributed by atoms with Crippen LogP contribution in [0.25, 0.3) is 0 Å². The van der Waals surface area contributed by atoms with Gasteiger partial charge in [0.2, 0.25) is 0 Å². The average Bonchev–Trinajstić information content (AvgIpc) is 2.42. The second kappa shape index (κ2) is 5.64. The molecule has 0 saturated carbocycles. The van der Waals surface area contributed by atoms with Crippen LogP contribution in [0.4, 0.5) is 5.69 Å². The van der Waals surface area contributed by atoms with E-state index in [2.05, 4.69) is 4.72 Å². The standard InChI is InChI=1S/C15H18N2O2S/c1-11-7-8-14(9-12(11)2)20(18,19)17-15-6-4-3-5-13(15)10-16/h3-9,17H,10,16H2,1-2H3. The van der Waals surface area contributed by atoms with E-state index in [4.69, 9.17) is 5.73 Å². The van der Waals surface area contributed by atoms with Gasteiger partial charge in [-0.3, -0.25) is 4.72 Å². The highest BCUT2D eigenvalue weighted by molar-refractivity contribution is 7.92. The fourth-order valence-electron chi connectivity index (χ4n) is 1.88. The van der Waals surface area contributed by atoms with E-state index >= 15 is 0 Å². The van der Waals surface area contributed by atoms with Crippen molar-refractivity contribution in [3.63, 3.8) is 0 Å². The van der Waals surface area contributed by atoms with Crippen LogP contribution in [0, 0.1) is 13.8 Å². The summed E-state index contributed by atoms with van der Waals surface area (Å²) in [7, 11) is -3.59. The molecular formula is C15H18N2O2S. The van der Waals surface area contributed by atoms with E-state index in [1.54, 1.807) is 36.4 Å². The molecule has 4 nitrogen and oxygen atoms in total. The Bertz CT molecular complexity index is 724. The molecule has 0 aliphatic rings. The Balaban J connectivity index is 2.38. The molecule has 0 aromatic heterocycles. The molecular weight excluding hydrogens is 272 g/mol. The quantitative estimate of drug-likeness (QED) is 0.909. The maximum absolute atomic E-state index is 12.4. The number of anilines is 1. The van der Waals surface area contributed by atoms with E-state index in [1.165, 1.54) is 0 Å². The van der Waals surface area contributed by atoms with Crippen molar-refractivity contribution in [3.05, 3.63) is 59.2 Å². The third-order valence-corrected chi connectivity index (χ3v) is 4.63. The molecule has 0 fully saturated rings. The zero-order valence-electron chi connectivity index (χ0n) is 11.6. The van der Waals surface area contributed by atoms with Crippen LogP contribution < -0.4 is 10.5 Å². The van der Waals surface area contributed by atoms with Crippen LogP contribution in [0.5, 0.6) is 0 Å². The van der Waals surface area contributed by atoms with Crippen LogP contribution in [0.2, 0.25) is 0 Å². The van der Waals surface area contributed by atoms with E-state index in [9.17, 15) is 8.42 Å². The van der Waals surface area contributed by atoms with Crippen molar-refractivity contribution in [2.45, 2.75) is 25.3 Å². The summed E-state index contributed by atoms with van der Waals surface area (Å²) >= 11 is 0. The minimum Gasteiger partial charge on any atom is -0.326 e. The normalized spacial score (nSPS) is 11.3. The lowest BCUT2D eigenvalue weighted by Gasteiger charge is -2.12. The molecule has 0 aliphatic heterocycles. The number of hydrogen-bond acceptors (Lipinski definition) is 3. The van der Waals surface area contributed by atoms with Crippen LogP contribution in [-0.4, -0.2) is 8.42 Å². The second-order valence-corrected chi connectivity index (χ2v) is 6.40. The maximum atomic E-state index is 12.4. The third kappa shape index (κ3) is 3.00. The Morgan fingerprint density at radius 1 is 1.05 bits per heavy atom. The molecule has 0 amide bonds. The maximum Gasteiger partial charge on any atom is 0.261 e. The Morgan fingerprint density at radius 2 is 1.75 bits per heavy atom. The van der Waals surface area contributed by atoms with Crippen molar-refractivity contribution >= 4 is 15.7 Å². The Morgan fingerprint density at radius 3 is 2.40 bits per heavy atom. The van der Waals surface area contributed by atoms with Gasteiger partial charge in [0.05, 0.1) is 10.6 Å². The van der Waals surface area contributed by atoms with E-state index in [1.807, 2.05) is 19.9 Å². The summed E-state index contributed by atoms with van der Waals surface area (Å²) in [5.41, 5.74) is 8.91. The molecule has 0 saturated heterocycles. The van der Waals surface area contributed by atoms with E-state index in [0.717, 1.165) is 16.7 Å². The van der Waals surface area contributed by atoms with Crippen molar-refractivity contribution < 1.29 is 8.42 Å². The molecule has 0 spiro atoms. The monoisotopic (exact) mass is 290 g/mol. The van der Waals surface area contributed by atoms with Crippen LogP contribution in [0.3, 0.4) is 0 Å². The van der Waals surface area contributed by atoms with Gasteiger partial charge in [-0.1, -0.05) is 24.3 Å². The summed E-state index contributed by atoms with van der Waals surface area (Å²) in [6.45, 7) is 4.12. The van der Waals surface area contributed by atoms with Crippen LogP contribution in [0.1, 0.15) is 16.7 Å². The lowest BCUT2D eigenvalue weighted by atomic mass is 10.1. The average molecular weight is 290 g/mol. The van der Waals surface area contributed by atoms with E-state index < -0.39 is 10.0 Å². The first-order valence-electron chi connectivity index (χ1n) is 6.32. The summed E-state index contributed by atoms with van der Waals surface area (Å²) in [6, 6.07) is 12.2. The number of sulfonamides is 1. The van der Waals surface area contributed by atoms with Crippen molar-refractivity contribution in [1.29, 1.82) is 0 Å².